The maximum Gasteiger partial charge on any atom is 0.309 e. The number of carbonyl (C=O) groups excluding carboxylic acids is 1. The first-order valence-corrected chi connectivity index (χ1v) is 8.06. The molecule has 4 nitrogen and oxygen atoms in total. The smallest absolute Gasteiger partial charge is 0.309 e. The average Bonchev–Trinajstić information content (AvgIpc) is 2.86. The lowest BCUT2D eigenvalue weighted by Crippen LogP contribution is -2.41. The van der Waals surface area contributed by atoms with Gasteiger partial charge in [0.2, 0.25) is 0 Å². The molecule has 0 radical (unpaired) electrons. The molecular formula is C16H30N2O2. The molecule has 2 atom stereocenters. The molecule has 0 aromatic rings. The van der Waals surface area contributed by atoms with Crippen LogP contribution in [0.4, 0.5) is 0 Å². The molecule has 1 aliphatic heterocycles. The van der Waals surface area contributed by atoms with Crippen LogP contribution in [-0.2, 0) is 9.53 Å². The van der Waals surface area contributed by atoms with Crippen LogP contribution < -0.4 is 5.73 Å². The van der Waals surface area contributed by atoms with Crippen molar-refractivity contribution in [1.82, 2.24) is 4.90 Å². The van der Waals surface area contributed by atoms with Crippen LogP contribution in [0.25, 0.3) is 0 Å². The highest BCUT2D eigenvalue weighted by atomic mass is 16.6. The predicted molar refractivity (Wildman–Crippen MR) is 80.3 cm³/mol. The fraction of sp³-hybridized carbons (Fsp3) is 0.938. The molecule has 2 N–H and O–H groups in total. The molecule has 2 unspecified atom stereocenters. The zero-order chi connectivity index (χ0) is 14.8. The summed E-state index contributed by atoms with van der Waals surface area (Å²) in [5.74, 6) is 0.803. The van der Waals surface area contributed by atoms with Gasteiger partial charge in [0.15, 0.2) is 0 Å². The molecule has 20 heavy (non-hydrogen) atoms. The molecule has 0 aromatic carbocycles. The van der Waals surface area contributed by atoms with Crippen LogP contribution in [0.3, 0.4) is 0 Å². The first-order valence-electron chi connectivity index (χ1n) is 8.06. The summed E-state index contributed by atoms with van der Waals surface area (Å²) < 4.78 is 5.52. The number of piperidine rings is 1. The van der Waals surface area contributed by atoms with E-state index in [2.05, 4.69) is 4.90 Å². The Morgan fingerprint density at radius 2 is 1.85 bits per heavy atom. The third-order valence-electron chi connectivity index (χ3n) is 4.64. The second-order valence-electron chi connectivity index (χ2n) is 7.41. The minimum Gasteiger partial charge on any atom is -0.460 e. The highest BCUT2D eigenvalue weighted by Crippen LogP contribution is 2.33. The lowest BCUT2D eigenvalue weighted by Gasteiger charge is -2.35. The van der Waals surface area contributed by atoms with Gasteiger partial charge in [0.1, 0.15) is 5.60 Å². The molecule has 0 bridgehead atoms. The molecular weight excluding hydrogens is 252 g/mol. The van der Waals surface area contributed by atoms with Gasteiger partial charge in [-0.05, 0) is 78.4 Å². The van der Waals surface area contributed by atoms with Crippen LogP contribution in [0.1, 0.15) is 52.9 Å². The average molecular weight is 282 g/mol. The second kappa shape index (κ2) is 6.44. The van der Waals surface area contributed by atoms with E-state index in [0.717, 1.165) is 38.9 Å². The standard InChI is InChI=1S/C16H30N2O2/c1-16(2,3)20-15(19)13-4-5-14(10-13)18-8-6-12(11-17)7-9-18/h12-14H,4-11,17H2,1-3H3. The van der Waals surface area contributed by atoms with Crippen LogP contribution in [0.5, 0.6) is 0 Å². The minimum atomic E-state index is -0.366. The summed E-state index contributed by atoms with van der Waals surface area (Å²) >= 11 is 0. The summed E-state index contributed by atoms with van der Waals surface area (Å²) in [6.45, 7) is 8.93. The number of nitrogens with two attached hydrogens (primary N) is 1. The van der Waals surface area contributed by atoms with E-state index in [1.165, 1.54) is 12.8 Å². The van der Waals surface area contributed by atoms with Crippen molar-refractivity contribution in [1.29, 1.82) is 0 Å². The van der Waals surface area contributed by atoms with Gasteiger partial charge in [-0.25, -0.2) is 0 Å². The number of hydrogen-bond donors (Lipinski definition) is 1. The third kappa shape index (κ3) is 4.19. The van der Waals surface area contributed by atoms with E-state index < -0.39 is 0 Å². The largest absolute Gasteiger partial charge is 0.460 e. The van der Waals surface area contributed by atoms with Crippen molar-refractivity contribution in [2.45, 2.75) is 64.5 Å². The molecule has 2 rings (SSSR count). The maximum absolute atomic E-state index is 12.1. The molecule has 1 saturated carbocycles. The fourth-order valence-corrected chi connectivity index (χ4v) is 3.44. The summed E-state index contributed by atoms with van der Waals surface area (Å²) in [6.07, 6.45) is 5.52. The van der Waals surface area contributed by atoms with E-state index in [1.807, 2.05) is 20.8 Å². The van der Waals surface area contributed by atoms with Crippen LogP contribution in [-0.4, -0.2) is 42.1 Å². The Bertz CT molecular complexity index is 330. The van der Waals surface area contributed by atoms with Gasteiger partial charge in [0.25, 0.3) is 0 Å². The van der Waals surface area contributed by atoms with Crippen molar-refractivity contribution in [2.75, 3.05) is 19.6 Å². The lowest BCUT2D eigenvalue weighted by molar-refractivity contribution is -0.159. The quantitative estimate of drug-likeness (QED) is 0.806. The summed E-state index contributed by atoms with van der Waals surface area (Å²) in [5, 5.41) is 0. The number of nitrogens with zero attached hydrogens (tertiary/aromatic N) is 1. The number of likely N-dealkylation sites (tertiary alicyclic amines) is 1. The van der Waals surface area contributed by atoms with Gasteiger partial charge in [-0.3, -0.25) is 4.79 Å². The van der Waals surface area contributed by atoms with E-state index in [0.29, 0.717) is 12.0 Å². The first kappa shape index (κ1) is 15.8. The zero-order valence-electron chi connectivity index (χ0n) is 13.2. The second-order valence-corrected chi connectivity index (χ2v) is 7.41. The number of carbonyl (C=O) groups is 1. The fourth-order valence-electron chi connectivity index (χ4n) is 3.44. The van der Waals surface area contributed by atoms with Crippen LogP contribution in [0.2, 0.25) is 0 Å². The molecule has 2 fully saturated rings. The summed E-state index contributed by atoms with van der Waals surface area (Å²) in [6, 6.07) is 0.575. The van der Waals surface area contributed by atoms with Gasteiger partial charge >= 0.3 is 5.97 Å². The van der Waals surface area contributed by atoms with Crippen molar-refractivity contribution in [3.63, 3.8) is 0 Å². The Morgan fingerprint density at radius 3 is 2.40 bits per heavy atom. The summed E-state index contributed by atoms with van der Waals surface area (Å²) in [4.78, 5) is 14.7. The van der Waals surface area contributed by atoms with Gasteiger partial charge in [0.05, 0.1) is 5.92 Å². The number of esters is 1. The zero-order valence-corrected chi connectivity index (χ0v) is 13.2. The van der Waals surface area contributed by atoms with Crippen molar-refractivity contribution in [3.8, 4) is 0 Å². The van der Waals surface area contributed by atoms with Crippen molar-refractivity contribution >= 4 is 5.97 Å². The van der Waals surface area contributed by atoms with Gasteiger partial charge in [-0.2, -0.15) is 0 Å². The van der Waals surface area contributed by atoms with Crippen LogP contribution in [0, 0.1) is 11.8 Å². The SMILES string of the molecule is CC(C)(C)OC(=O)C1CCC(N2CCC(CN)CC2)C1. The van der Waals surface area contributed by atoms with Gasteiger partial charge in [-0.15, -0.1) is 0 Å². The Balaban J connectivity index is 1.79. The summed E-state index contributed by atoms with van der Waals surface area (Å²) in [5.41, 5.74) is 5.38. The first-order chi connectivity index (χ1) is 9.39. The third-order valence-corrected chi connectivity index (χ3v) is 4.64. The van der Waals surface area contributed by atoms with Gasteiger partial charge in [-0.1, -0.05) is 0 Å². The van der Waals surface area contributed by atoms with Crippen LogP contribution >= 0.6 is 0 Å². The van der Waals surface area contributed by atoms with E-state index >= 15 is 0 Å². The molecule has 116 valence electrons. The molecule has 2 aliphatic rings. The number of rotatable bonds is 3. The monoisotopic (exact) mass is 282 g/mol. The topological polar surface area (TPSA) is 55.6 Å². The molecule has 4 heteroatoms. The minimum absolute atomic E-state index is 0.00292. The molecule has 0 amide bonds. The van der Waals surface area contributed by atoms with E-state index in [-0.39, 0.29) is 17.5 Å². The normalized spacial score (nSPS) is 29.6. The highest BCUT2D eigenvalue weighted by Gasteiger charge is 2.36. The Morgan fingerprint density at radius 1 is 1.20 bits per heavy atom. The molecule has 1 heterocycles. The van der Waals surface area contributed by atoms with E-state index in [9.17, 15) is 4.79 Å². The van der Waals surface area contributed by atoms with Crippen LogP contribution in [0.15, 0.2) is 0 Å². The molecule has 1 aliphatic carbocycles. The van der Waals surface area contributed by atoms with Crippen molar-refractivity contribution in [3.05, 3.63) is 0 Å². The van der Waals surface area contributed by atoms with Crippen molar-refractivity contribution in [2.24, 2.45) is 17.6 Å². The van der Waals surface area contributed by atoms with Gasteiger partial charge in [0, 0.05) is 6.04 Å². The summed E-state index contributed by atoms with van der Waals surface area (Å²) in [7, 11) is 0. The predicted octanol–water partition coefficient (Wildman–Crippen LogP) is 2.17. The molecule has 0 spiro atoms. The highest BCUT2D eigenvalue weighted by molar-refractivity contribution is 5.73. The lowest BCUT2D eigenvalue weighted by atomic mass is 9.95. The number of hydrogen-bond acceptors (Lipinski definition) is 4. The number of ether oxygens (including phenoxy) is 1. The van der Waals surface area contributed by atoms with E-state index in [4.69, 9.17) is 10.5 Å². The molecule has 1 saturated heterocycles. The Hall–Kier alpha value is -0.610. The van der Waals surface area contributed by atoms with E-state index in [1.54, 1.807) is 0 Å². The Kier molecular flexibility index (Phi) is 5.08. The van der Waals surface area contributed by atoms with Crippen molar-refractivity contribution < 1.29 is 9.53 Å². The molecule has 0 aromatic heterocycles. The Labute approximate surface area is 123 Å². The van der Waals surface area contributed by atoms with Gasteiger partial charge < -0.3 is 15.4 Å². The maximum atomic E-state index is 12.1.